The Labute approximate surface area is 125 Å². The standard InChI is InChI=1S/C17H34N2O/c1-5-11-18-16-15(9-6-10-17(16,2)3)19-12-7-8-14(13-19)20-4/h14-16,18H,5-13H2,1-4H3. The number of nitrogens with one attached hydrogen (secondary N) is 1. The molecule has 20 heavy (non-hydrogen) atoms. The van der Waals surface area contributed by atoms with Crippen molar-refractivity contribution in [2.75, 3.05) is 26.7 Å². The van der Waals surface area contributed by atoms with E-state index in [4.69, 9.17) is 4.74 Å². The predicted octanol–water partition coefficient (Wildman–Crippen LogP) is 3.04. The van der Waals surface area contributed by atoms with Crippen LogP contribution in [0.5, 0.6) is 0 Å². The van der Waals surface area contributed by atoms with Crippen molar-refractivity contribution < 1.29 is 4.74 Å². The highest BCUT2D eigenvalue weighted by atomic mass is 16.5. The molecule has 1 saturated heterocycles. The Hall–Kier alpha value is -0.120. The minimum absolute atomic E-state index is 0.415. The number of hydrogen-bond donors (Lipinski definition) is 1. The third-order valence-electron chi connectivity index (χ3n) is 5.37. The fourth-order valence-corrected chi connectivity index (χ4v) is 4.18. The van der Waals surface area contributed by atoms with Crippen LogP contribution in [0.3, 0.4) is 0 Å². The average molecular weight is 282 g/mol. The van der Waals surface area contributed by atoms with Gasteiger partial charge in [0.05, 0.1) is 6.10 Å². The van der Waals surface area contributed by atoms with Gasteiger partial charge in [-0.2, -0.15) is 0 Å². The molecule has 2 rings (SSSR count). The smallest absolute Gasteiger partial charge is 0.0698 e. The first-order valence-corrected chi connectivity index (χ1v) is 8.58. The molecule has 0 amide bonds. The lowest BCUT2D eigenvalue weighted by molar-refractivity contribution is -0.0198. The molecule has 0 aromatic heterocycles. The monoisotopic (exact) mass is 282 g/mol. The molecule has 0 bridgehead atoms. The Morgan fingerprint density at radius 1 is 1.25 bits per heavy atom. The number of methoxy groups -OCH3 is 1. The highest BCUT2D eigenvalue weighted by Gasteiger charge is 2.42. The first-order chi connectivity index (χ1) is 9.58. The van der Waals surface area contributed by atoms with E-state index in [2.05, 4.69) is 31.0 Å². The Morgan fingerprint density at radius 2 is 2.05 bits per heavy atom. The van der Waals surface area contributed by atoms with Crippen molar-refractivity contribution in [2.24, 2.45) is 5.41 Å². The fraction of sp³-hybridized carbons (Fsp3) is 1.00. The topological polar surface area (TPSA) is 24.5 Å². The Kier molecular flexibility index (Phi) is 5.88. The van der Waals surface area contributed by atoms with Gasteiger partial charge in [0.15, 0.2) is 0 Å². The molecule has 2 aliphatic rings. The van der Waals surface area contributed by atoms with Gasteiger partial charge in [-0.15, -0.1) is 0 Å². The van der Waals surface area contributed by atoms with Crippen LogP contribution in [-0.2, 0) is 4.74 Å². The third-order valence-corrected chi connectivity index (χ3v) is 5.37. The summed E-state index contributed by atoms with van der Waals surface area (Å²) in [6.07, 6.45) is 8.26. The van der Waals surface area contributed by atoms with Gasteiger partial charge in [-0.1, -0.05) is 27.2 Å². The average Bonchev–Trinajstić information content (AvgIpc) is 2.45. The molecule has 0 radical (unpaired) electrons. The normalized spacial score (nSPS) is 35.1. The molecule has 3 heteroatoms. The van der Waals surface area contributed by atoms with Crippen LogP contribution < -0.4 is 5.32 Å². The van der Waals surface area contributed by atoms with Crippen molar-refractivity contribution in [3.8, 4) is 0 Å². The lowest BCUT2D eigenvalue weighted by Gasteiger charge is -2.50. The van der Waals surface area contributed by atoms with E-state index in [-0.39, 0.29) is 0 Å². The van der Waals surface area contributed by atoms with Gasteiger partial charge in [-0.05, 0) is 50.6 Å². The molecule has 0 spiro atoms. The van der Waals surface area contributed by atoms with Crippen LogP contribution >= 0.6 is 0 Å². The van der Waals surface area contributed by atoms with Crippen LogP contribution in [0.25, 0.3) is 0 Å². The van der Waals surface area contributed by atoms with Crippen LogP contribution in [-0.4, -0.2) is 49.8 Å². The quantitative estimate of drug-likeness (QED) is 0.839. The Morgan fingerprint density at radius 3 is 2.75 bits per heavy atom. The van der Waals surface area contributed by atoms with Crippen molar-refractivity contribution in [1.29, 1.82) is 0 Å². The van der Waals surface area contributed by atoms with Gasteiger partial charge in [0.1, 0.15) is 0 Å². The van der Waals surface area contributed by atoms with E-state index in [1.165, 1.54) is 45.1 Å². The second-order valence-corrected chi connectivity index (χ2v) is 7.37. The van der Waals surface area contributed by atoms with Crippen LogP contribution in [0, 0.1) is 5.41 Å². The summed E-state index contributed by atoms with van der Waals surface area (Å²) in [5.41, 5.74) is 0.415. The zero-order valence-corrected chi connectivity index (χ0v) is 14.0. The van der Waals surface area contributed by atoms with Gasteiger partial charge in [0, 0.05) is 25.7 Å². The Bertz CT molecular complexity index is 293. The molecule has 3 nitrogen and oxygen atoms in total. The molecule has 3 atom stereocenters. The van der Waals surface area contributed by atoms with E-state index in [1.54, 1.807) is 0 Å². The van der Waals surface area contributed by atoms with Crippen LogP contribution in [0.4, 0.5) is 0 Å². The molecular weight excluding hydrogens is 248 g/mol. The lowest BCUT2D eigenvalue weighted by Crippen LogP contribution is -2.61. The third kappa shape index (κ3) is 3.75. The van der Waals surface area contributed by atoms with E-state index in [0.717, 1.165) is 13.1 Å². The maximum Gasteiger partial charge on any atom is 0.0698 e. The van der Waals surface area contributed by atoms with Crippen molar-refractivity contribution in [2.45, 2.75) is 77.5 Å². The summed E-state index contributed by atoms with van der Waals surface area (Å²) >= 11 is 0. The van der Waals surface area contributed by atoms with Crippen LogP contribution in [0.1, 0.15) is 59.3 Å². The van der Waals surface area contributed by atoms with E-state index < -0.39 is 0 Å². The molecular formula is C17H34N2O. The zero-order valence-electron chi connectivity index (χ0n) is 14.0. The predicted molar refractivity (Wildman–Crippen MR) is 85.1 cm³/mol. The van der Waals surface area contributed by atoms with Gasteiger partial charge in [0.2, 0.25) is 0 Å². The molecule has 3 unspecified atom stereocenters. The molecule has 1 aliphatic heterocycles. The van der Waals surface area contributed by atoms with E-state index in [1.807, 2.05) is 7.11 Å². The Balaban J connectivity index is 2.05. The van der Waals surface area contributed by atoms with Gasteiger partial charge in [-0.25, -0.2) is 0 Å². The molecule has 0 aromatic rings. The second-order valence-electron chi connectivity index (χ2n) is 7.37. The van der Waals surface area contributed by atoms with Crippen LogP contribution in [0.2, 0.25) is 0 Å². The number of rotatable bonds is 5. The summed E-state index contributed by atoms with van der Waals surface area (Å²) in [5.74, 6) is 0. The molecule has 1 aliphatic carbocycles. The molecule has 2 fully saturated rings. The summed E-state index contributed by atoms with van der Waals surface area (Å²) in [6, 6.07) is 1.33. The summed E-state index contributed by atoms with van der Waals surface area (Å²) in [4.78, 5) is 2.71. The minimum atomic E-state index is 0.415. The van der Waals surface area contributed by atoms with E-state index in [9.17, 15) is 0 Å². The largest absolute Gasteiger partial charge is 0.380 e. The number of piperidine rings is 1. The van der Waals surface area contributed by atoms with Gasteiger partial charge in [-0.3, -0.25) is 4.90 Å². The van der Waals surface area contributed by atoms with Gasteiger partial charge >= 0.3 is 0 Å². The first kappa shape index (κ1) is 16.3. The maximum atomic E-state index is 5.62. The summed E-state index contributed by atoms with van der Waals surface area (Å²) in [5, 5.41) is 3.86. The molecule has 1 saturated carbocycles. The maximum absolute atomic E-state index is 5.62. The van der Waals surface area contributed by atoms with Gasteiger partial charge in [0.25, 0.3) is 0 Å². The second kappa shape index (κ2) is 7.24. The molecule has 0 aromatic carbocycles. The SMILES string of the molecule is CCCNC1C(N2CCCC(OC)C2)CCCC1(C)C. The van der Waals surface area contributed by atoms with E-state index in [0.29, 0.717) is 23.6 Å². The minimum Gasteiger partial charge on any atom is -0.380 e. The number of nitrogens with zero attached hydrogens (tertiary/aromatic N) is 1. The number of hydrogen-bond acceptors (Lipinski definition) is 3. The molecule has 118 valence electrons. The van der Waals surface area contributed by atoms with Gasteiger partial charge < -0.3 is 10.1 Å². The van der Waals surface area contributed by atoms with Crippen molar-refractivity contribution in [3.63, 3.8) is 0 Å². The number of likely N-dealkylation sites (tertiary alicyclic amines) is 1. The summed E-state index contributed by atoms with van der Waals surface area (Å²) in [7, 11) is 1.87. The van der Waals surface area contributed by atoms with Crippen molar-refractivity contribution >= 4 is 0 Å². The summed E-state index contributed by atoms with van der Waals surface area (Å²) in [6.45, 7) is 10.7. The molecule has 1 N–H and O–H groups in total. The lowest BCUT2D eigenvalue weighted by atomic mass is 9.70. The zero-order chi connectivity index (χ0) is 14.6. The van der Waals surface area contributed by atoms with E-state index >= 15 is 0 Å². The molecule has 1 heterocycles. The van der Waals surface area contributed by atoms with Crippen LogP contribution in [0.15, 0.2) is 0 Å². The highest BCUT2D eigenvalue weighted by Crippen LogP contribution is 2.38. The fourth-order valence-electron chi connectivity index (χ4n) is 4.18. The van der Waals surface area contributed by atoms with Crippen molar-refractivity contribution in [1.82, 2.24) is 10.2 Å². The summed E-state index contributed by atoms with van der Waals surface area (Å²) < 4.78 is 5.62. The highest BCUT2D eigenvalue weighted by molar-refractivity contribution is 4.99. The first-order valence-electron chi connectivity index (χ1n) is 8.58. The van der Waals surface area contributed by atoms with Crippen molar-refractivity contribution in [3.05, 3.63) is 0 Å². The number of ether oxygens (including phenoxy) is 1.